The zero-order valence-electron chi connectivity index (χ0n) is 12.5. The molecule has 5 heteroatoms. The van der Waals surface area contributed by atoms with Crippen molar-refractivity contribution >= 4 is 17.4 Å². The number of aryl methyl sites for hydroxylation is 1. The second kappa shape index (κ2) is 6.35. The molecule has 1 atom stereocenters. The monoisotopic (exact) mass is 285 g/mol. The lowest BCUT2D eigenvalue weighted by atomic mass is 10.1. The van der Waals surface area contributed by atoms with Crippen LogP contribution in [0.15, 0.2) is 36.5 Å². The van der Waals surface area contributed by atoms with Crippen LogP contribution in [0.4, 0.5) is 5.69 Å². The van der Waals surface area contributed by atoms with Crippen molar-refractivity contribution in [3.05, 3.63) is 47.8 Å². The fourth-order valence-electron chi connectivity index (χ4n) is 2.04. The van der Waals surface area contributed by atoms with Crippen LogP contribution >= 0.6 is 0 Å². The van der Waals surface area contributed by atoms with Crippen molar-refractivity contribution in [2.24, 2.45) is 0 Å². The normalized spacial score (nSPS) is 12.0. The van der Waals surface area contributed by atoms with Gasteiger partial charge in [-0.25, -0.2) is 0 Å². The Kier molecular flexibility index (Phi) is 4.52. The molecular weight excluding hydrogens is 266 g/mol. The third-order valence-electron chi connectivity index (χ3n) is 3.25. The number of hydrogen-bond acceptors (Lipinski definition) is 3. The Hall–Kier alpha value is -2.43. The lowest BCUT2D eigenvalue weighted by Crippen LogP contribution is -2.18. The van der Waals surface area contributed by atoms with Gasteiger partial charge in [-0.15, -0.1) is 0 Å². The number of amides is 1. The number of ketones is 1. The van der Waals surface area contributed by atoms with Crippen molar-refractivity contribution in [1.82, 2.24) is 9.78 Å². The largest absolute Gasteiger partial charge is 0.326 e. The maximum Gasteiger partial charge on any atom is 0.226 e. The predicted molar refractivity (Wildman–Crippen MR) is 81.4 cm³/mol. The number of carbonyl (C=O) groups excluding carboxylic acids is 2. The zero-order chi connectivity index (χ0) is 15.4. The number of carbonyl (C=O) groups is 2. The van der Waals surface area contributed by atoms with Gasteiger partial charge in [-0.05, 0) is 51.1 Å². The average molecular weight is 285 g/mol. The van der Waals surface area contributed by atoms with E-state index < -0.39 is 0 Å². The summed E-state index contributed by atoms with van der Waals surface area (Å²) in [4.78, 5) is 23.2. The van der Waals surface area contributed by atoms with E-state index in [0.717, 1.165) is 5.69 Å². The van der Waals surface area contributed by atoms with Crippen LogP contribution in [-0.4, -0.2) is 21.5 Å². The van der Waals surface area contributed by atoms with Gasteiger partial charge in [0.25, 0.3) is 0 Å². The molecule has 0 unspecified atom stereocenters. The molecule has 0 radical (unpaired) electrons. The van der Waals surface area contributed by atoms with Crippen molar-refractivity contribution in [3.8, 4) is 0 Å². The van der Waals surface area contributed by atoms with E-state index in [1.807, 2.05) is 26.1 Å². The standard InChI is InChI=1S/C16H19N3O2/c1-11-8-9-19(18-11)12(2)10-16(21)17-15-6-4-14(5-7-15)13(3)20/h4-9,12H,10H2,1-3H3,(H,17,21)/t12-/m0/s1. The summed E-state index contributed by atoms with van der Waals surface area (Å²) < 4.78 is 1.79. The predicted octanol–water partition coefficient (Wildman–Crippen LogP) is 2.98. The third-order valence-corrected chi connectivity index (χ3v) is 3.25. The molecule has 2 rings (SSSR count). The molecule has 1 heterocycles. The lowest BCUT2D eigenvalue weighted by Gasteiger charge is -2.12. The smallest absolute Gasteiger partial charge is 0.226 e. The second-order valence-electron chi connectivity index (χ2n) is 5.17. The number of aromatic nitrogens is 2. The van der Waals surface area contributed by atoms with Gasteiger partial charge in [0.05, 0.1) is 11.7 Å². The molecule has 1 amide bonds. The van der Waals surface area contributed by atoms with E-state index in [2.05, 4.69) is 10.4 Å². The summed E-state index contributed by atoms with van der Waals surface area (Å²) in [5.41, 5.74) is 2.25. The highest BCUT2D eigenvalue weighted by Crippen LogP contribution is 2.14. The minimum absolute atomic E-state index is 0.00445. The first kappa shape index (κ1) is 15.0. The molecule has 0 aliphatic rings. The van der Waals surface area contributed by atoms with Crippen LogP contribution in [0.5, 0.6) is 0 Å². The van der Waals surface area contributed by atoms with Crippen molar-refractivity contribution in [3.63, 3.8) is 0 Å². The first-order valence-electron chi connectivity index (χ1n) is 6.88. The van der Waals surface area contributed by atoms with Crippen molar-refractivity contribution in [2.75, 3.05) is 5.32 Å². The summed E-state index contributed by atoms with van der Waals surface area (Å²) in [5.74, 6) is -0.0678. The summed E-state index contributed by atoms with van der Waals surface area (Å²) in [6.45, 7) is 5.38. The Bertz CT molecular complexity index is 644. The maximum atomic E-state index is 12.0. The van der Waals surface area contributed by atoms with E-state index in [4.69, 9.17) is 0 Å². The fraction of sp³-hybridized carbons (Fsp3) is 0.312. The van der Waals surface area contributed by atoms with Crippen LogP contribution < -0.4 is 5.32 Å². The van der Waals surface area contributed by atoms with Gasteiger partial charge >= 0.3 is 0 Å². The lowest BCUT2D eigenvalue weighted by molar-refractivity contribution is -0.116. The number of anilines is 1. The molecule has 2 aromatic rings. The van der Waals surface area contributed by atoms with Gasteiger partial charge in [0, 0.05) is 23.9 Å². The zero-order valence-corrected chi connectivity index (χ0v) is 12.5. The molecule has 0 bridgehead atoms. The fourth-order valence-corrected chi connectivity index (χ4v) is 2.04. The molecule has 1 N–H and O–H groups in total. The van der Waals surface area contributed by atoms with Crippen LogP contribution in [0, 0.1) is 6.92 Å². The molecule has 0 aliphatic heterocycles. The Balaban J connectivity index is 1.93. The average Bonchev–Trinajstić information content (AvgIpc) is 2.86. The van der Waals surface area contributed by atoms with E-state index in [1.165, 1.54) is 6.92 Å². The Morgan fingerprint density at radius 1 is 1.24 bits per heavy atom. The van der Waals surface area contributed by atoms with Gasteiger partial charge in [0.1, 0.15) is 0 Å². The van der Waals surface area contributed by atoms with Crippen LogP contribution in [0.3, 0.4) is 0 Å². The number of nitrogens with zero attached hydrogens (tertiary/aromatic N) is 2. The summed E-state index contributed by atoms with van der Waals surface area (Å²) >= 11 is 0. The van der Waals surface area contributed by atoms with Gasteiger partial charge in [0.2, 0.25) is 5.91 Å². The molecule has 0 saturated heterocycles. The van der Waals surface area contributed by atoms with Crippen LogP contribution in [0.2, 0.25) is 0 Å². The summed E-state index contributed by atoms with van der Waals surface area (Å²) in [7, 11) is 0. The van der Waals surface area contributed by atoms with E-state index >= 15 is 0 Å². The van der Waals surface area contributed by atoms with Crippen LogP contribution in [0.25, 0.3) is 0 Å². The molecule has 110 valence electrons. The first-order valence-corrected chi connectivity index (χ1v) is 6.88. The molecule has 0 spiro atoms. The number of Topliss-reactive ketones (excluding diaryl/α,β-unsaturated/α-hetero) is 1. The van der Waals surface area contributed by atoms with Gasteiger partial charge < -0.3 is 5.32 Å². The highest BCUT2D eigenvalue weighted by Gasteiger charge is 2.12. The van der Waals surface area contributed by atoms with Crippen molar-refractivity contribution < 1.29 is 9.59 Å². The molecule has 21 heavy (non-hydrogen) atoms. The summed E-state index contributed by atoms with van der Waals surface area (Å²) in [6.07, 6.45) is 2.21. The quantitative estimate of drug-likeness (QED) is 0.859. The van der Waals surface area contributed by atoms with Crippen LogP contribution in [-0.2, 0) is 4.79 Å². The molecule has 0 saturated carbocycles. The number of hydrogen-bond donors (Lipinski definition) is 1. The summed E-state index contributed by atoms with van der Waals surface area (Å²) in [5, 5.41) is 7.13. The minimum Gasteiger partial charge on any atom is -0.326 e. The van der Waals surface area contributed by atoms with Gasteiger partial charge in [-0.1, -0.05) is 0 Å². The van der Waals surface area contributed by atoms with E-state index in [-0.39, 0.29) is 17.7 Å². The van der Waals surface area contributed by atoms with Crippen LogP contribution in [0.1, 0.15) is 42.4 Å². The van der Waals surface area contributed by atoms with E-state index in [0.29, 0.717) is 17.7 Å². The van der Waals surface area contributed by atoms with E-state index in [9.17, 15) is 9.59 Å². The Morgan fingerprint density at radius 2 is 1.90 bits per heavy atom. The van der Waals surface area contributed by atoms with E-state index in [1.54, 1.807) is 28.9 Å². The Morgan fingerprint density at radius 3 is 2.43 bits per heavy atom. The SMILES string of the molecule is CC(=O)c1ccc(NC(=O)C[C@H](C)n2ccc(C)n2)cc1. The Labute approximate surface area is 124 Å². The number of benzene rings is 1. The van der Waals surface area contributed by atoms with Crippen molar-refractivity contribution in [1.29, 1.82) is 0 Å². The molecule has 1 aromatic heterocycles. The topological polar surface area (TPSA) is 64.0 Å². The molecule has 5 nitrogen and oxygen atoms in total. The first-order chi connectivity index (χ1) is 9.95. The van der Waals surface area contributed by atoms with Gasteiger partial charge in [-0.2, -0.15) is 5.10 Å². The third kappa shape index (κ3) is 4.02. The number of rotatable bonds is 5. The highest BCUT2D eigenvalue weighted by atomic mass is 16.1. The second-order valence-corrected chi connectivity index (χ2v) is 5.17. The highest BCUT2D eigenvalue weighted by molar-refractivity contribution is 5.95. The molecule has 1 aromatic carbocycles. The molecule has 0 aliphatic carbocycles. The summed E-state index contributed by atoms with van der Waals surface area (Å²) in [6, 6.07) is 8.79. The van der Waals surface area contributed by atoms with Crippen molar-refractivity contribution in [2.45, 2.75) is 33.2 Å². The number of nitrogens with one attached hydrogen (secondary N) is 1. The maximum absolute atomic E-state index is 12.0. The van der Waals surface area contributed by atoms with Gasteiger partial charge in [-0.3, -0.25) is 14.3 Å². The minimum atomic E-state index is -0.0776. The van der Waals surface area contributed by atoms with Gasteiger partial charge in [0.15, 0.2) is 5.78 Å². The molecule has 0 fully saturated rings. The molecular formula is C16H19N3O2.